The number of aliphatic imine (C=N–C) groups is 2. The molecule has 0 fully saturated rings. The van der Waals surface area contributed by atoms with E-state index in [1.165, 1.54) is 6.07 Å². The van der Waals surface area contributed by atoms with Crippen molar-refractivity contribution in [1.29, 1.82) is 0 Å². The Kier molecular flexibility index (Phi) is 8.85. The fraction of sp³-hybridized carbons (Fsp3) is 0.263. The van der Waals surface area contributed by atoms with E-state index in [0.717, 1.165) is 23.1 Å². The molecule has 0 aromatic heterocycles. The molecule has 0 aliphatic carbocycles. The van der Waals surface area contributed by atoms with Crippen LogP contribution in [0.5, 0.6) is 0 Å². The largest absolute Gasteiger partial charge is 0.297 e. The number of benzene rings is 1. The standard InChI is InChI=1S/C19H22ClFN2/c1-4-5-8-16(14-23-10-7-6-9-22-3)12-17-11-15(2)19(20)18(21)13-17/h5-11,13-14H,4,12H2,1-3H3/b7-6-,8-5-,16-14+,22-9-,23-10+. The molecule has 1 rings (SSSR count). The van der Waals surface area contributed by atoms with Gasteiger partial charge in [0.2, 0.25) is 0 Å². The van der Waals surface area contributed by atoms with Gasteiger partial charge in [-0.1, -0.05) is 36.7 Å². The van der Waals surface area contributed by atoms with Crippen LogP contribution in [-0.4, -0.2) is 19.5 Å². The Hall–Kier alpha value is -2.00. The SMILES string of the molecule is CC\C=C/C(=C\N=C\C=C/C=N\C)Cc1cc(C)c(Cl)c(F)c1. The van der Waals surface area contributed by atoms with Gasteiger partial charge in [-0.2, -0.15) is 0 Å². The molecule has 2 nitrogen and oxygen atoms in total. The monoisotopic (exact) mass is 332 g/mol. The predicted molar refractivity (Wildman–Crippen MR) is 99.4 cm³/mol. The highest BCUT2D eigenvalue weighted by Crippen LogP contribution is 2.22. The Bertz CT molecular complexity index is 632. The summed E-state index contributed by atoms with van der Waals surface area (Å²) in [4.78, 5) is 8.09. The molecule has 0 atom stereocenters. The van der Waals surface area contributed by atoms with E-state index in [2.05, 4.69) is 23.0 Å². The fourth-order valence-corrected chi connectivity index (χ4v) is 2.04. The van der Waals surface area contributed by atoms with Crippen molar-refractivity contribution in [2.75, 3.05) is 7.05 Å². The molecular formula is C19H22ClFN2. The Morgan fingerprint density at radius 2 is 2.00 bits per heavy atom. The van der Waals surface area contributed by atoms with Crippen LogP contribution in [0.25, 0.3) is 0 Å². The summed E-state index contributed by atoms with van der Waals surface area (Å²) in [6.07, 6.45) is 14.4. The summed E-state index contributed by atoms with van der Waals surface area (Å²) < 4.78 is 13.7. The van der Waals surface area contributed by atoms with E-state index in [1.807, 2.05) is 12.1 Å². The minimum atomic E-state index is -0.384. The van der Waals surface area contributed by atoms with Gasteiger partial charge in [0.15, 0.2) is 0 Å². The highest BCUT2D eigenvalue weighted by Gasteiger charge is 2.06. The van der Waals surface area contributed by atoms with Gasteiger partial charge < -0.3 is 0 Å². The normalized spacial score (nSPS) is 13.3. The molecule has 0 saturated heterocycles. The van der Waals surface area contributed by atoms with Gasteiger partial charge in [-0.25, -0.2) is 4.39 Å². The van der Waals surface area contributed by atoms with E-state index >= 15 is 0 Å². The molecule has 0 N–H and O–H groups in total. The Morgan fingerprint density at radius 1 is 1.26 bits per heavy atom. The maximum atomic E-state index is 13.7. The van der Waals surface area contributed by atoms with Crippen LogP contribution < -0.4 is 0 Å². The number of hydrogen-bond acceptors (Lipinski definition) is 2. The Balaban J connectivity index is 2.92. The number of allylic oxidation sites excluding steroid dienone is 5. The lowest BCUT2D eigenvalue weighted by Crippen LogP contribution is -1.92. The third kappa shape index (κ3) is 7.20. The quantitative estimate of drug-likeness (QED) is 0.464. The molecule has 23 heavy (non-hydrogen) atoms. The summed E-state index contributed by atoms with van der Waals surface area (Å²) in [5, 5.41) is 0.184. The lowest BCUT2D eigenvalue weighted by atomic mass is 10.0. The molecule has 0 aliphatic rings. The molecule has 0 spiro atoms. The van der Waals surface area contributed by atoms with Gasteiger partial charge >= 0.3 is 0 Å². The summed E-state index contributed by atoms with van der Waals surface area (Å²) in [7, 11) is 1.71. The zero-order valence-electron chi connectivity index (χ0n) is 13.8. The van der Waals surface area contributed by atoms with Crippen molar-refractivity contribution < 1.29 is 4.39 Å². The van der Waals surface area contributed by atoms with Crippen molar-refractivity contribution in [3.8, 4) is 0 Å². The Labute approximate surface area is 142 Å². The lowest BCUT2D eigenvalue weighted by Gasteiger charge is -2.06. The number of halogens is 2. The maximum Gasteiger partial charge on any atom is 0.142 e. The fourth-order valence-electron chi connectivity index (χ4n) is 1.93. The second kappa shape index (κ2) is 10.7. The van der Waals surface area contributed by atoms with Gasteiger partial charge in [-0.3, -0.25) is 9.98 Å². The van der Waals surface area contributed by atoms with Crippen molar-refractivity contribution >= 4 is 24.0 Å². The third-order valence-electron chi connectivity index (χ3n) is 3.00. The van der Waals surface area contributed by atoms with E-state index in [9.17, 15) is 4.39 Å². The average Bonchev–Trinajstić information content (AvgIpc) is 2.53. The van der Waals surface area contributed by atoms with Crippen LogP contribution in [0, 0.1) is 12.7 Å². The first-order valence-corrected chi connectivity index (χ1v) is 7.87. The second-order valence-corrected chi connectivity index (χ2v) is 5.37. The first-order chi connectivity index (χ1) is 11.1. The molecular weight excluding hydrogens is 311 g/mol. The maximum absolute atomic E-state index is 13.7. The summed E-state index contributed by atoms with van der Waals surface area (Å²) in [5.41, 5.74) is 2.62. The van der Waals surface area contributed by atoms with Crippen molar-refractivity contribution in [2.45, 2.75) is 26.7 Å². The molecule has 0 radical (unpaired) electrons. The predicted octanol–water partition coefficient (Wildman–Crippen LogP) is 5.51. The van der Waals surface area contributed by atoms with Crippen LogP contribution in [0.15, 0.2) is 58.2 Å². The van der Waals surface area contributed by atoms with Crippen LogP contribution in [0.1, 0.15) is 24.5 Å². The van der Waals surface area contributed by atoms with Crippen molar-refractivity contribution in [3.63, 3.8) is 0 Å². The van der Waals surface area contributed by atoms with E-state index in [-0.39, 0.29) is 10.8 Å². The number of aryl methyl sites for hydroxylation is 1. The smallest absolute Gasteiger partial charge is 0.142 e. The summed E-state index contributed by atoms with van der Waals surface area (Å²) in [5.74, 6) is -0.384. The molecule has 4 heteroatoms. The number of hydrogen-bond donors (Lipinski definition) is 0. The highest BCUT2D eigenvalue weighted by molar-refractivity contribution is 6.31. The van der Waals surface area contributed by atoms with Gasteiger partial charge in [0.05, 0.1) is 5.02 Å². The minimum absolute atomic E-state index is 0.184. The van der Waals surface area contributed by atoms with Crippen LogP contribution in [0.3, 0.4) is 0 Å². The molecule has 0 heterocycles. The summed E-state index contributed by atoms with van der Waals surface area (Å²) in [6.45, 7) is 3.87. The van der Waals surface area contributed by atoms with Crippen molar-refractivity contribution in [3.05, 3.63) is 70.2 Å². The number of rotatable bonds is 7. The average molecular weight is 333 g/mol. The first kappa shape index (κ1) is 19.0. The first-order valence-electron chi connectivity index (χ1n) is 7.49. The Morgan fingerprint density at radius 3 is 2.65 bits per heavy atom. The zero-order chi connectivity index (χ0) is 17.1. The molecule has 0 amide bonds. The molecule has 122 valence electrons. The highest BCUT2D eigenvalue weighted by atomic mass is 35.5. The van der Waals surface area contributed by atoms with E-state index in [4.69, 9.17) is 11.6 Å². The van der Waals surface area contributed by atoms with E-state index in [1.54, 1.807) is 44.8 Å². The van der Waals surface area contributed by atoms with E-state index in [0.29, 0.717) is 6.42 Å². The topological polar surface area (TPSA) is 24.7 Å². The van der Waals surface area contributed by atoms with Crippen LogP contribution in [-0.2, 0) is 6.42 Å². The van der Waals surface area contributed by atoms with Crippen molar-refractivity contribution in [1.82, 2.24) is 0 Å². The molecule has 0 aliphatic heterocycles. The van der Waals surface area contributed by atoms with Crippen LogP contribution in [0.2, 0.25) is 5.02 Å². The van der Waals surface area contributed by atoms with Crippen molar-refractivity contribution in [2.24, 2.45) is 9.98 Å². The van der Waals surface area contributed by atoms with Crippen LogP contribution in [0.4, 0.5) is 4.39 Å². The van der Waals surface area contributed by atoms with E-state index < -0.39 is 0 Å². The summed E-state index contributed by atoms with van der Waals surface area (Å²) in [6, 6.07) is 3.38. The zero-order valence-corrected chi connectivity index (χ0v) is 14.5. The summed E-state index contributed by atoms with van der Waals surface area (Å²) >= 11 is 5.87. The van der Waals surface area contributed by atoms with Gasteiger partial charge in [0, 0.05) is 25.7 Å². The molecule has 1 aromatic carbocycles. The third-order valence-corrected chi connectivity index (χ3v) is 3.48. The minimum Gasteiger partial charge on any atom is -0.297 e. The van der Waals surface area contributed by atoms with Gasteiger partial charge in [0.25, 0.3) is 0 Å². The molecule has 0 bridgehead atoms. The molecule has 0 unspecified atom stereocenters. The van der Waals surface area contributed by atoms with Gasteiger partial charge in [0.1, 0.15) is 5.82 Å². The van der Waals surface area contributed by atoms with Gasteiger partial charge in [-0.05, 0) is 54.7 Å². The van der Waals surface area contributed by atoms with Crippen LogP contribution >= 0.6 is 11.6 Å². The second-order valence-electron chi connectivity index (χ2n) is 4.99. The van der Waals surface area contributed by atoms with Gasteiger partial charge in [-0.15, -0.1) is 0 Å². The molecule has 1 aromatic rings. The number of nitrogens with zero attached hydrogens (tertiary/aromatic N) is 2. The molecule has 0 saturated carbocycles. The lowest BCUT2D eigenvalue weighted by molar-refractivity contribution is 0.625.